The van der Waals surface area contributed by atoms with Crippen LogP contribution in [0, 0.1) is 6.92 Å². The molecule has 0 fully saturated rings. The summed E-state index contributed by atoms with van der Waals surface area (Å²) in [6, 6.07) is 10.8. The number of amides is 1. The molecule has 0 aliphatic carbocycles. The van der Waals surface area contributed by atoms with Gasteiger partial charge in [-0.3, -0.25) is 9.59 Å². The maximum Gasteiger partial charge on any atom is 0.272 e. The zero-order chi connectivity index (χ0) is 21.9. The minimum absolute atomic E-state index is 0.0148. The van der Waals surface area contributed by atoms with E-state index in [4.69, 9.17) is 11.6 Å². The summed E-state index contributed by atoms with van der Waals surface area (Å²) in [6.07, 6.45) is 0. The maximum atomic E-state index is 12.4. The molecule has 0 spiro atoms. The lowest BCUT2D eigenvalue weighted by atomic mass is 10.1. The van der Waals surface area contributed by atoms with Crippen molar-refractivity contribution in [1.29, 1.82) is 0 Å². The molecule has 3 aromatic rings. The van der Waals surface area contributed by atoms with Crippen LogP contribution < -0.4 is 15.6 Å². The van der Waals surface area contributed by atoms with Gasteiger partial charge in [-0.2, -0.15) is 0 Å². The number of sulfonamides is 1. The van der Waals surface area contributed by atoms with Gasteiger partial charge >= 0.3 is 0 Å². The Kier molecular flexibility index (Phi) is 6.55. The van der Waals surface area contributed by atoms with E-state index >= 15 is 0 Å². The average Bonchev–Trinajstić information content (AvgIpc) is 2.71. The monoisotopic (exact) mass is 448 g/mol. The van der Waals surface area contributed by atoms with E-state index in [1.165, 1.54) is 12.1 Å². The van der Waals surface area contributed by atoms with Gasteiger partial charge in [0.25, 0.3) is 11.5 Å². The van der Waals surface area contributed by atoms with E-state index in [1.807, 2.05) is 6.92 Å². The lowest BCUT2D eigenvalue weighted by Crippen LogP contribution is -2.34. The molecule has 1 aromatic heterocycles. The third-order valence-electron chi connectivity index (χ3n) is 4.50. The molecule has 10 heteroatoms. The third-order valence-corrected chi connectivity index (χ3v) is 6.19. The van der Waals surface area contributed by atoms with E-state index in [0.29, 0.717) is 33.9 Å². The highest BCUT2D eigenvalue weighted by molar-refractivity contribution is 7.89. The molecule has 3 rings (SSSR count). The van der Waals surface area contributed by atoms with E-state index < -0.39 is 10.0 Å². The van der Waals surface area contributed by atoms with Gasteiger partial charge < -0.3 is 9.88 Å². The summed E-state index contributed by atoms with van der Waals surface area (Å²) in [6.45, 7) is 4.10. The Morgan fingerprint density at radius 2 is 1.93 bits per heavy atom. The number of hydrogen-bond donors (Lipinski definition) is 2. The van der Waals surface area contributed by atoms with Crippen molar-refractivity contribution in [3.05, 3.63) is 69.1 Å². The van der Waals surface area contributed by atoms with Crippen LogP contribution in [0.15, 0.2) is 52.2 Å². The van der Waals surface area contributed by atoms with E-state index in [9.17, 15) is 18.0 Å². The van der Waals surface area contributed by atoms with Gasteiger partial charge in [0.1, 0.15) is 5.69 Å². The van der Waals surface area contributed by atoms with E-state index in [2.05, 4.69) is 15.0 Å². The number of hydrogen-bond acceptors (Lipinski definition) is 5. The van der Waals surface area contributed by atoms with Crippen LogP contribution in [0.5, 0.6) is 0 Å². The minimum atomic E-state index is -3.72. The first-order valence-corrected chi connectivity index (χ1v) is 11.1. The summed E-state index contributed by atoms with van der Waals surface area (Å²) in [4.78, 5) is 28.9. The second kappa shape index (κ2) is 8.95. The van der Waals surface area contributed by atoms with Crippen molar-refractivity contribution >= 4 is 38.6 Å². The first-order valence-electron chi connectivity index (χ1n) is 9.27. The fourth-order valence-corrected chi connectivity index (χ4v) is 4.34. The molecule has 0 radical (unpaired) electrons. The van der Waals surface area contributed by atoms with Gasteiger partial charge in [-0.05, 0) is 50.2 Å². The minimum Gasteiger partial charge on any atom is -0.351 e. The summed E-state index contributed by atoms with van der Waals surface area (Å²) in [5, 5.41) is 2.98. The van der Waals surface area contributed by atoms with Crippen molar-refractivity contribution in [3.8, 4) is 0 Å². The maximum absolute atomic E-state index is 12.4. The Hall–Kier alpha value is -2.75. The quantitative estimate of drug-likeness (QED) is 0.538. The molecule has 2 N–H and O–H groups in total. The largest absolute Gasteiger partial charge is 0.351 e. The molecule has 0 aliphatic heterocycles. The Labute approximate surface area is 178 Å². The number of carbonyl (C=O) groups is 1. The molecule has 0 saturated carbocycles. The standard InChI is InChI=1S/C20H21ClN4O4S/c1-3-25-18-8-7-14(11-17(18)24-13(2)20(25)27)19(26)22-9-10-23-30(28,29)16-6-4-5-15(21)12-16/h4-8,11-12,23H,3,9-10H2,1-2H3,(H,22,26). The molecular weight excluding hydrogens is 428 g/mol. The predicted molar refractivity (Wildman–Crippen MR) is 115 cm³/mol. The summed E-state index contributed by atoms with van der Waals surface area (Å²) in [5.41, 5.74) is 1.77. The smallest absolute Gasteiger partial charge is 0.272 e. The van der Waals surface area contributed by atoms with Crippen LogP contribution in [0.3, 0.4) is 0 Å². The summed E-state index contributed by atoms with van der Waals surface area (Å²) >= 11 is 5.83. The Morgan fingerprint density at radius 1 is 1.17 bits per heavy atom. The molecule has 2 aromatic carbocycles. The SMILES string of the molecule is CCn1c(=O)c(C)nc2cc(C(=O)NCCNS(=O)(=O)c3cccc(Cl)c3)ccc21. The number of aryl methyl sites for hydroxylation is 2. The number of carbonyl (C=O) groups excluding carboxylic acids is 1. The van der Waals surface area contributed by atoms with Crippen molar-refractivity contribution in [3.63, 3.8) is 0 Å². The van der Waals surface area contributed by atoms with E-state index in [-0.39, 0.29) is 29.5 Å². The molecule has 8 nitrogen and oxygen atoms in total. The van der Waals surface area contributed by atoms with Crippen molar-refractivity contribution in [2.45, 2.75) is 25.3 Å². The number of nitrogens with zero attached hydrogens (tertiary/aromatic N) is 2. The zero-order valence-corrected chi connectivity index (χ0v) is 18.0. The second-order valence-corrected chi connectivity index (χ2v) is 8.76. The molecule has 30 heavy (non-hydrogen) atoms. The van der Waals surface area contributed by atoms with E-state index in [0.717, 1.165) is 0 Å². The number of halogens is 1. The first kappa shape index (κ1) is 21.9. The average molecular weight is 449 g/mol. The van der Waals surface area contributed by atoms with Gasteiger partial charge in [0.05, 0.1) is 15.9 Å². The lowest BCUT2D eigenvalue weighted by Gasteiger charge is -2.11. The molecule has 0 saturated heterocycles. The number of aromatic nitrogens is 2. The van der Waals surface area contributed by atoms with Crippen molar-refractivity contribution < 1.29 is 13.2 Å². The van der Waals surface area contributed by atoms with Crippen molar-refractivity contribution in [1.82, 2.24) is 19.6 Å². The summed E-state index contributed by atoms with van der Waals surface area (Å²) in [7, 11) is -3.72. The van der Waals surface area contributed by atoms with Crippen LogP contribution in [-0.2, 0) is 16.6 Å². The molecular formula is C20H21ClN4O4S. The van der Waals surface area contributed by atoms with E-state index in [1.54, 1.807) is 41.8 Å². The fourth-order valence-electron chi connectivity index (χ4n) is 3.01. The Balaban J connectivity index is 1.66. The lowest BCUT2D eigenvalue weighted by molar-refractivity contribution is 0.0954. The van der Waals surface area contributed by atoms with Crippen LogP contribution in [-0.4, -0.2) is 37.0 Å². The number of rotatable bonds is 7. The normalized spacial score (nSPS) is 11.6. The van der Waals surface area contributed by atoms with Crippen LogP contribution in [0.25, 0.3) is 11.0 Å². The second-order valence-electron chi connectivity index (χ2n) is 6.56. The number of fused-ring (bicyclic) bond motifs is 1. The number of benzene rings is 2. The highest BCUT2D eigenvalue weighted by Crippen LogP contribution is 2.15. The summed E-state index contributed by atoms with van der Waals surface area (Å²) in [5.74, 6) is -0.368. The Morgan fingerprint density at radius 3 is 2.63 bits per heavy atom. The van der Waals surface area contributed by atoms with Gasteiger partial charge in [-0.1, -0.05) is 17.7 Å². The van der Waals surface area contributed by atoms with Crippen LogP contribution in [0.4, 0.5) is 0 Å². The molecule has 1 heterocycles. The number of nitrogens with one attached hydrogen (secondary N) is 2. The van der Waals surface area contributed by atoms with Crippen LogP contribution in [0.2, 0.25) is 5.02 Å². The molecule has 0 atom stereocenters. The predicted octanol–water partition coefficient (Wildman–Crippen LogP) is 2.09. The molecule has 0 unspecified atom stereocenters. The molecule has 1 amide bonds. The topological polar surface area (TPSA) is 110 Å². The highest BCUT2D eigenvalue weighted by Gasteiger charge is 2.14. The molecule has 158 valence electrons. The van der Waals surface area contributed by atoms with Crippen molar-refractivity contribution in [2.75, 3.05) is 13.1 Å². The highest BCUT2D eigenvalue weighted by atomic mass is 35.5. The summed E-state index contributed by atoms with van der Waals surface area (Å²) < 4.78 is 28.5. The third kappa shape index (κ3) is 4.69. The van der Waals surface area contributed by atoms with Gasteiger partial charge in [0, 0.05) is 30.2 Å². The van der Waals surface area contributed by atoms with Crippen LogP contribution in [0.1, 0.15) is 23.0 Å². The Bertz CT molecular complexity index is 1270. The van der Waals surface area contributed by atoms with Crippen molar-refractivity contribution in [2.24, 2.45) is 0 Å². The van der Waals surface area contributed by atoms with Crippen LogP contribution >= 0.6 is 11.6 Å². The fraction of sp³-hybridized carbons (Fsp3) is 0.250. The molecule has 0 bridgehead atoms. The van der Waals surface area contributed by atoms with Gasteiger partial charge in [-0.25, -0.2) is 18.1 Å². The van der Waals surface area contributed by atoms with Gasteiger partial charge in [0.2, 0.25) is 10.0 Å². The molecule has 0 aliphatic rings. The zero-order valence-electron chi connectivity index (χ0n) is 16.5. The van der Waals surface area contributed by atoms with Gasteiger partial charge in [0.15, 0.2) is 0 Å². The van der Waals surface area contributed by atoms with Gasteiger partial charge in [-0.15, -0.1) is 0 Å². The first-order chi connectivity index (χ1) is 14.2.